The van der Waals surface area contributed by atoms with Crippen molar-refractivity contribution < 1.29 is 14.3 Å². The number of thiophene rings is 1. The minimum absolute atomic E-state index is 0.0298. The van der Waals surface area contributed by atoms with Crippen molar-refractivity contribution >= 4 is 17.3 Å². The summed E-state index contributed by atoms with van der Waals surface area (Å²) < 4.78 is 10.4. The maximum Gasteiger partial charge on any atom is 0.309 e. The van der Waals surface area contributed by atoms with Crippen LogP contribution in [0.2, 0.25) is 0 Å². The molecule has 16 heavy (non-hydrogen) atoms. The summed E-state index contributed by atoms with van der Waals surface area (Å²) in [4.78, 5) is 12.7. The van der Waals surface area contributed by atoms with Crippen LogP contribution in [0.3, 0.4) is 0 Å². The van der Waals surface area contributed by atoms with Crippen LogP contribution in [0, 0.1) is 12.3 Å². The fraction of sp³-hybridized carbons (Fsp3) is 0.417. The van der Waals surface area contributed by atoms with Gasteiger partial charge in [-0.25, -0.2) is 0 Å². The largest absolute Gasteiger partial charge is 0.452 e. The van der Waals surface area contributed by atoms with Crippen LogP contribution in [0.15, 0.2) is 11.4 Å². The van der Waals surface area contributed by atoms with Gasteiger partial charge in [0.15, 0.2) is 6.61 Å². The van der Waals surface area contributed by atoms with Crippen molar-refractivity contribution in [3.8, 4) is 12.3 Å². The summed E-state index contributed by atoms with van der Waals surface area (Å²) in [6.45, 7) is 0.697. The molecular formula is C12H12O3S. The monoisotopic (exact) mass is 236 g/mol. The zero-order valence-electron chi connectivity index (χ0n) is 8.77. The van der Waals surface area contributed by atoms with E-state index in [0.717, 1.165) is 12.0 Å². The summed E-state index contributed by atoms with van der Waals surface area (Å²) in [5, 5.41) is 2.03. The van der Waals surface area contributed by atoms with Gasteiger partial charge >= 0.3 is 5.97 Å². The average molecular weight is 236 g/mol. The molecule has 2 heterocycles. The molecular weight excluding hydrogens is 224 g/mol. The third kappa shape index (κ3) is 2.43. The Bertz CT molecular complexity index is 416. The average Bonchev–Trinajstić information content (AvgIpc) is 2.75. The second-order valence-corrected chi connectivity index (χ2v) is 4.48. The van der Waals surface area contributed by atoms with Gasteiger partial charge < -0.3 is 9.47 Å². The van der Waals surface area contributed by atoms with E-state index in [1.807, 2.05) is 11.4 Å². The molecule has 2 rings (SSSR count). The SMILES string of the molecule is C#CCOC(=O)C[C@H]1OCCc2sccc21. The van der Waals surface area contributed by atoms with Gasteiger partial charge in [-0.15, -0.1) is 17.8 Å². The molecule has 84 valence electrons. The zero-order chi connectivity index (χ0) is 11.4. The van der Waals surface area contributed by atoms with Gasteiger partial charge in [-0.05, 0) is 17.0 Å². The highest BCUT2D eigenvalue weighted by Crippen LogP contribution is 2.33. The smallest absolute Gasteiger partial charge is 0.309 e. The minimum atomic E-state index is -0.304. The van der Waals surface area contributed by atoms with Gasteiger partial charge in [0, 0.05) is 11.3 Å². The van der Waals surface area contributed by atoms with E-state index in [2.05, 4.69) is 5.92 Å². The van der Waals surface area contributed by atoms with Gasteiger partial charge in [-0.1, -0.05) is 5.92 Å². The Labute approximate surface area is 98.4 Å². The predicted molar refractivity (Wildman–Crippen MR) is 61.1 cm³/mol. The van der Waals surface area contributed by atoms with Crippen molar-refractivity contribution in [1.82, 2.24) is 0 Å². The van der Waals surface area contributed by atoms with E-state index < -0.39 is 0 Å². The highest BCUT2D eigenvalue weighted by atomic mass is 32.1. The van der Waals surface area contributed by atoms with Gasteiger partial charge in [0.25, 0.3) is 0 Å². The van der Waals surface area contributed by atoms with Gasteiger partial charge in [-0.2, -0.15) is 0 Å². The second-order valence-electron chi connectivity index (χ2n) is 3.48. The molecule has 1 aromatic rings. The summed E-state index contributed by atoms with van der Waals surface area (Å²) in [5.74, 6) is 1.96. The Hall–Kier alpha value is -1.31. The number of hydrogen-bond acceptors (Lipinski definition) is 4. The first-order chi connectivity index (χ1) is 7.81. The van der Waals surface area contributed by atoms with Crippen LogP contribution in [-0.2, 0) is 20.7 Å². The van der Waals surface area contributed by atoms with Crippen LogP contribution >= 0.6 is 11.3 Å². The van der Waals surface area contributed by atoms with E-state index in [1.54, 1.807) is 11.3 Å². The topological polar surface area (TPSA) is 35.5 Å². The standard InChI is InChI=1S/C12H12O3S/c1-2-5-15-12(13)8-10-9-4-7-16-11(9)3-6-14-10/h1,4,7,10H,3,5-6,8H2/t10-/m1/s1. The maximum absolute atomic E-state index is 11.4. The molecule has 1 aliphatic heterocycles. The predicted octanol–water partition coefficient (Wildman–Crippen LogP) is 1.93. The molecule has 0 aliphatic carbocycles. The number of carbonyl (C=O) groups excluding carboxylic acids is 1. The lowest BCUT2D eigenvalue weighted by molar-refractivity contribution is -0.145. The van der Waals surface area contributed by atoms with E-state index >= 15 is 0 Å². The van der Waals surface area contributed by atoms with Gasteiger partial charge in [-0.3, -0.25) is 4.79 Å². The van der Waals surface area contributed by atoms with Crippen LogP contribution in [0.5, 0.6) is 0 Å². The van der Waals surface area contributed by atoms with E-state index in [1.165, 1.54) is 4.88 Å². The molecule has 1 aromatic heterocycles. The van der Waals surface area contributed by atoms with E-state index in [0.29, 0.717) is 6.61 Å². The second kappa shape index (κ2) is 5.15. The van der Waals surface area contributed by atoms with Crippen molar-refractivity contribution in [3.63, 3.8) is 0 Å². The van der Waals surface area contributed by atoms with Crippen LogP contribution in [0.1, 0.15) is 23.0 Å². The summed E-state index contributed by atoms with van der Waals surface area (Å²) in [7, 11) is 0. The summed E-state index contributed by atoms with van der Waals surface area (Å²) in [6, 6.07) is 2.01. The zero-order valence-corrected chi connectivity index (χ0v) is 9.59. The number of rotatable bonds is 3. The number of carbonyl (C=O) groups is 1. The number of ether oxygens (including phenoxy) is 2. The Morgan fingerprint density at radius 3 is 3.44 bits per heavy atom. The van der Waals surface area contributed by atoms with Crippen LogP contribution in [0.25, 0.3) is 0 Å². The molecule has 0 aromatic carbocycles. The maximum atomic E-state index is 11.4. The van der Waals surface area contributed by atoms with Crippen LogP contribution in [-0.4, -0.2) is 19.2 Å². The summed E-state index contributed by atoms with van der Waals surface area (Å²) >= 11 is 1.71. The van der Waals surface area contributed by atoms with Crippen molar-refractivity contribution in [2.24, 2.45) is 0 Å². The first kappa shape index (κ1) is 11.2. The molecule has 0 bridgehead atoms. The fourth-order valence-corrected chi connectivity index (χ4v) is 2.64. The van der Waals surface area contributed by atoms with Crippen LogP contribution in [0.4, 0.5) is 0 Å². The molecule has 1 aliphatic rings. The molecule has 0 fully saturated rings. The lowest BCUT2D eigenvalue weighted by Gasteiger charge is -2.22. The number of esters is 1. The quantitative estimate of drug-likeness (QED) is 0.594. The molecule has 0 radical (unpaired) electrons. The molecule has 0 saturated heterocycles. The lowest BCUT2D eigenvalue weighted by Crippen LogP contribution is -2.18. The van der Waals surface area contributed by atoms with Crippen molar-refractivity contribution in [3.05, 3.63) is 21.9 Å². The normalized spacial score (nSPS) is 18.6. The first-order valence-corrected chi connectivity index (χ1v) is 5.96. The van der Waals surface area contributed by atoms with Crippen LogP contribution < -0.4 is 0 Å². The highest BCUT2D eigenvalue weighted by Gasteiger charge is 2.24. The molecule has 3 nitrogen and oxygen atoms in total. The van der Waals surface area contributed by atoms with Gasteiger partial charge in [0.1, 0.15) is 0 Å². The Morgan fingerprint density at radius 2 is 2.62 bits per heavy atom. The third-order valence-corrected chi connectivity index (χ3v) is 3.44. The van der Waals surface area contributed by atoms with E-state index in [4.69, 9.17) is 15.9 Å². The summed E-state index contributed by atoms with van der Waals surface area (Å²) in [6.07, 6.45) is 6.02. The van der Waals surface area contributed by atoms with Crippen molar-refractivity contribution in [2.45, 2.75) is 18.9 Å². The van der Waals surface area contributed by atoms with E-state index in [-0.39, 0.29) is 25.1 Å². The first-order valence-electron chi connectivity index (χ1n) is 5.08. The number of terminal acetylenes is 1. The molecule has 0 saturated carbocycles. The molecule has 0 N–H and O–H groups in total. The molecule has 1 atom stereocenters. The van der Waals surface area contributed by atoms with Gasteiger partial charge in [0.2, 0.25) is 0 Å². The molecule has 0 spiro atoms. The fourth-order valence-electron chi connectivity index (χ4n) is 1.73. The minimum Gasteiger partial charge on any atom is -0.452 e. The van der Waals surface area contributed by atoms with E-state index in [9.17, 15) is 4.79 Å². The molecule has 4 heteroatoms. The Kier molecular flexibility index (Phi) is 3.60. The summed E-state index contributed by atoms with van der Waals surface area (Å²) in [5.41, 5.74) is 1.12. The highest BCUT2D eigenvalue weighted by molar-refractivity contribution is 7.10. The van der Waals surface area contributed by atoms with Crippen molar-refractivity contribution in [1.29, 1.82) is 0 Å². The Morgan fingerprint density at radius 1 is 1.75 bits per heavy atom. The molecule has 0 unspecified atom stereocenters. The lowest BCUT2D eigenvalue weighted by atomic mass is 10.0. The number of hydrogen-bond donors (Lipinski definition) is 0. The molecule has 0 amide bonds. The Balaban J connectivity index is 1.97. The van der Waals surface area contributed by atoms with Crippen molar-refractivity contribution in [2.75, 3.05) is 13.2 Å². The third-order valence-electron chi connectivity index (χ3n) is 2.44. The number of fused-ring (bicyclic) bond motifs is 1. The van der Waals surface area contributed by atoms with Gasteiger partial charge in [0.05, 0.1) is 19.1 Å².